The maximum Gasteiger partial charge on any atom is 0.260 e. The summed E-state index contributed by atoms with van der Waals surface area (Å²) in [6, 6.07) is 5.98. The highest BCUT2D eigenvalue weighted by Gasteiger charge is 2.14. The summed E-state index contributed by atoms with van der Waals surface area (Å²) in [5.41, 5.74) is 2.26. The maximum atomic E-state index is 11.5. The number of hydrogen-bond acceptors (Lipinski definition) is 3. The van der Waals surface area contributed by atoms with Gasteiger partial charge in [0.2, 0.25) is 0 Å². The van der Waals surface area contributed by atoms with Crippen LogP contribution >= 0.6 is 0 Å². The van der Waals surface area contributed by atoms with E-state index in [-0.39, 0.29) is 5.91 Å². The third-order valence-electron chi connectivity index (χ3n) is 2.70. The summed E-state index contributed by atoms with van der Waals surface area (Å²) in [6.07, 6.45) is -0.488. The smallest absolute Gasteiger partial charge is 0.260 e. The number of nitrogens with one attached hydrogen (secondary N) is 2. The largest absolute Gasteiger partial charge is 0.481 e. The molecule has 4 nitrogen and oxygen atoms in total. The van der Waals surface area contributed by atoms with Gasteiger partial charge >= 0.3 is 0 Å². The lowest BCUT2D eigenvalue weighted by Gasteiger charge is -2.17. The molecule has 1 aromatic rings. The van der Waals surface area contributed by atoms with Crippen LogP contribution in [0.4, 0.5) is 0 Å². The fourth-order valence-electron chi connectivity index (χ4n) is 1.67. The molecule has 0 aliphatic rings. The van der Waals surface area contributed by atoms with Gasteiger partial charge in [-0.1, -0.05) is 24.6 Å². The minimum Gasteiger partial charge on any atom is -0.481 e. The van der Waals surface area contributed by atoms with Gasteiger partial charge in [0.05, 0.1) is 0 Å². The highest BCUT2D eigenvalue weighted by Crippen LogP contribution is 2.21. The Hall–Kier alpha value is -1.55. The molecule has 0 saturated heterocycles. The standard InChI is InChI=1S/C14H22N2O2/c1-5-16-9-12-8-10(2)6-7-13(12)18-11(3)14(17)15-4/h6-8,11,16H,5,9H2,1-4H3,(H,15,17). The monoisotopic (exact) mass is 250 g/mol. The zero-order valence-corrected chi connectivity index (χ0v) is 11.5. The summed E-state index contributed by atoms with van der Waals surface area (Å²) in [7, 11) is 1.61. The Morgan fingerprint density at radius 3 is 2.78 bits per heavy atom. The number of carbonyl (C=O) groups is 1. The lowest BCUT2D eigenvalue weighted by Crippen LogP contribution is -2.34. The van der Waals surface area contributed by atoms with Gasteiger partial charge < -0.3 is 15.4 Å². The van der Waals surface area contributed by atoms with E-state index < -0.39 is 6.10 Å². The molecule has 0 radical (unpaired) electrons. The molecule has 0 bridgehead atoms. The molecular weight excluding hydrogens is 228 g/mol. The van der Waals surface area contributed by atoms with E-state index in [9.17, 15) is 4.79 Å². The number of amides is 1. The van der Waals surface area contributed by atoms with Crippen LogP contribution < -0.4 is 15.4 Å². The summed E-state index contributed by atoms with van der Waals surface area (Å²) in [5, 5.41) is 5.85. The van der Waals surface area contributed by atoms with E-state index in [0.29, 0.717) is 0 Å². The molecule has 0 aromatic heterocycles. The van der Waals surface area contributed by atoms with E-state index in [1.807, 2.05) is 19.1 Å². The van der Waals surface area contributed by atoms with Crippen LogP contribution in [0.25, 0.3) is 0 Å². The quantitative estimate of drug-likeness (QED) is 0.806. The van der Waals surface area contributed by atoms with Gasteiger partial charge in [-0.2, -0.15) is 0 Å². The van der Waals surface area contributed by atoms with Gasteiger partial charge in [0, 0.05) is 19.2 Å². The van der Waals surface area contributed by atoms with E-state index in [0.717, 1.165) is 24.4 Å². The van der Waals surface area contributed by atoms with Crippen molar-refractivity contribution < 1.29 is 9.53 Å². The van der Waals surface area contributed by atoms with Crippen LogP contribution in [-0.2, 0) is 11.3 Å². The first-order valence-electron chi connectivity index (χ1n) is 6.27. The molecule has 0 saturated carbocycles. The Labute approximate surface area is 109 Å². The molecule has 1 unspecified atom stereocenters. The van der Waals surface area contributed by atoms with Gasteiger partial charge in [0.1, 0.15) is 5.75 Å². The average Bonchev–Trinajstić information content (AvgIpc) is 2.37. The molecule has 1 atom stereocenters. The highest BCUT2D eigenvalue weighted by atomic mass is 16.5. The second kappa shape index (κ2) is 7.01. The summed E-state index contributed by atoms with van der Waals surface area (Å²) in [4.78, 5) is 11.5. The van der Waals surface area contributed by atoms with Crippen LogP contribution in [0.1, 0.15) is 25.0 Å². The van der Waals surface area contributed by atoms with Gasteiger partial charge in [0.15, 0.2) is 6.10 Å². The van der Waals surface area contributed by atoms with Gasteiger partial charge in [-0.3, -0.25) is 4.79 Å². The van der Waals surface area contributed by atoms with Gasteiger partial charge in [-0.05, 0) is 26.5 Å². The summed E-state index contributed by atoms with van der Waals surface area (Å²) in [5.74, 6) is 0.641. The zero-order chi connectivity index (χ0) is 13.5. The lowest BCUT2D eigenvalue weighted by molar-refractivity contribution is -0.126. The van der Waals surface area contributed by atoms with Crippen LogP contribution in [0, 0.1) is 6.92 Å². The number of hydrogen-bond donors (Lipinski definition) is 2. The Balaban J connectivity index is 2.83. The number of carbonyl (C=O) groups excluding carboxylic acids is 1. The zero-order valence-electron chi connectivity index (χ0n) is 11.5. The van der Waals surface area contributed by atoms with Crippen molar-refractivity contribution in [1.29, 1.82) is 0 Å². The number of likely N-dealkylation sites (N-methyl/N-ethyl adjacent to an activating group) is 1. The lowest BCUT2D eigenvalue weighted by atomic mass is 10.1. The fourth-order valence-corrected chi connectivity index (χ4v) is 1.67. The van der Waals surface area contributed by atoms with Crippen LogP contribution in [0.15, 0.2) is 18.2 Å². The van der Waals surface area contributed by atoms with Crippen molar-refractivity contribution in [2.24, 2.45) is 0 Å². The van der Waals surface area contributed by atoms with Crippen molar-refractivity contribution in [3.05, 3.63) is 29.3 Å². The topological polar surface area (TPSA) is 50.4 Å². The third kappa shape index (κ3) is 4.04. The van der Waals surface area contributed by atoms with Crippen LogP contribution in [0.3, 0.4) is 0 Å². The van der Waals surface area contributed by atoms with Gasteiger partial charge in [-0.15, -0.1) is 0 Å². The Morgan fingerprint density at radius 1 is 1.44 bits per heavy atom. The third-order valence-corrected chi connectivity index (χ3v) is 2.70. The molecule has 1 aromatic carbocycles. The van der Waals surface area contributed by atoms with E-state index in [2.05, 4.69) is 23.6 Å². The highest BCUT2D eigenvalue weighted by molar-refractivity contribution is 5.80. The number of benzene rings is 1. The molecule has 0 heterocycles. The van der Waals surface area contributed by atoms with E-state index in [1.165, 1.54) is 5.56 Å². The van der Waals surface area contributed by atoms with E-state index in [1.54, 1.807) is 14.0 Å². The van der Waals surface area contributed by atoms with Crippen molar-refractivity contribution in [2.45, 2.75) is 33.4 Å². The molecule has 1 amide bonds. The second-order valence-corrected chi connectivity index (χ2v) is 4.27. The summed E-state index contributed by atoms with van der Waals surface area (Å²) < 4.78 is 5.70. The summed E-state index contributed by atoms with van der Waals surface area (Å²) >= 11 is 0. The molecule has 0 aliphatic heterocycles. The number of rotatable bonds is 6. The molecule has 2 N–H and O–H groups in total. The molecule has 0 spiro atoms. The summed E-state index contributed by atoms with van der Waals surface area (Å²) in [6.45, 7) is 7.49. The second-order valence-electron chi connectivity index (χ2n) is 4.27. The number of ether oxygens (including phenoxy) is 1. The molecule has 1 rings (SSSR count). The van der Waals surface area contributed by atoms with Crippen molar-refractivity contribution in [2.75, 3.05) is 13.6 Å². The Bertz CT molecular complexity index is 405. The molecule has 0 fully saturated rings. The molecule has 100 valence electrons. The maximum absolute atomic E-state index is 11.5. The van der Waals surface area contributed by atoms with Gasteiger partial charge in [-0.25, -0.2) is 0 Å². The first-order valence-corrected chi connectivity index (χ1v) is 6.27. The predicted octanol–water partition coefficient (Wildman–Crippen LogP) is 1.62. The van der Waals surface area contributed by atoms with Crippen LogP contribution in [0.2, 0.25) is 0 Å². The normalized spacial score (nSPS) is 12.0. The minimum atomic E-state index is -0.488. The van der Waals surface area contributed by atoms with Crippen LogP contribution in [0.5, 0.6) is 5.75 Å². The molecular formula is C14H22N2O2. The van der Waals surface area contributed by atoms with Crippen molar-refractivity contribution >= 4 is 5.91 Å². The first kappa shape index (κ1) is 14.5. The Kier molecular flexibility index (Phi) is 5.65. The average molecular weight is 250 g/mol. The molecule has 4 heteroatoms. The Morgan fingerprint density at radius 2 is 2.17 bits per heavy atom. The predicted molar refractivity (Wildman–Crippen MR) is 72.7 cm³/mol. The SMILES string of the molecule is CCNCc1cc(C)ccc1OC(C)C(=O)NC. The molecule has 18 heavy (non-hydrogen) atoms. The fraction of sp³-hybridized carbons (Fsp3) is 0.500. The van der Waals surface area contributed by atoms with Crippen molar-refractivity contribution in [3.63, 3.8) is 0 Å². The van der Waals surface area contributed by atoms with Crippen LogP contribution in [-0.4, -0.2) is 25.6 Å². The first-order chi connectivity index (χ1) is 8.58. The van der Waals surface area contributed by atoms with Crippen molar-refractivity contribution in [1.82, 2.24) is 10.6 Å². The van der Waals surface area contributed by atoms with E-state index in [4.69, 9.17) is 4.74 Å². The molecule has 0 aliphatic carbocycles. The van der Waals surface area contributed by atoms with E-state index >= 15 is 0 Å². The van der Waals surface area contributed by atoms with Gasteiger partial charge in [0.25, 0.3) is 5.91 Å². The minimum absolute atomic E-state index is 0.120. The number of aryl methyl sites for hydroxylation is 1. The van der Waals surface area contributed by atoms with Crippen molar-refractivity contribution in [3.8, 4) is 5.75 Å².